The van der Waals surface area contributed by atoms with E-state index in [0.717, 1.165) is 17.7 Å². The van der Waals surface area contributed by atoms with Crippen LogP contribution in [0.2, 0.25) is 0 Å². The summed E-state index contributed by atoms with van der Waals surface area (Å²) in [5.74, 6) is 0.409. The Kier molecular flexibility index (Phi) is 5.65. The summed E-state index contributed by atoms with van der Waals surface area (Å²) in [6, 6.07) is 0. The number of morpholine rings is 1. The molecule has 11 heteroatoms. The van der Waals surface area contributed by atoms with E-state index < -0.39 is 11.7 Å². The minimum atomic E-state index is -0.567. The summed E-state index contributed by atoms with van der Waals surface area (Å²) >= 11 is 3.54. The van der Waals surface area contributed by atoms with E-state index in [0.29, 0.717) is 41.3 Å². The maximum absolute atomic E-state index is 12.6. The van der Waals surface area contributed by atoms with Gasteiger partial charge in [0.2, 0.25) is 0 Å². The van der Waals surface area contributed by atoms with E-state index in [2.05, 4.69) is 26.1 Å². The van der Waals surface area contributed by atoms with Gasteiger partial charge >= 0.3 is 6.09 Å². The van der Waals surface area contributed by atoms with E-state index in [1.165, 1.54) is 0 Å². The first-order chi connectivity index (χ1) is 14.7. The van der Waals surface area contributed by atoms with E-state index in [-0.39, 0.29) is 6.09 Å². The molecule has 0 bridgehead atoms. The molecule has 1 fully saturated rings. The van der Waals surface area contributed by atoms with Crippen molar-refractivity contribution in [1.29, 1.82) is 0 Å². The number of amides is 1. The Hall–Kier alpha value is -2.66. The number of aromatic nitrogens is 5. The van der Waals surface area contributed by atoms with Crippen molar-refractivity contribution < 1.29 is 14.3 Å². The molecule has 0 aliphatic carbocycles. The molecule has 10 nitrogen and oxygen atoms in total. The molecule has 1 amide bonds. The number of ether oxygens (including phenoxy) is 2. The molecular weight excluding hydrogens is 466 g/mol. The molecule has 1 saturated heterocycles. The summed E-state index contributed by atoms with van der Waals surface area (Å²) in [7, 11) is 0. The Balaban J connectivity index is 1.69. The second-order valence-corrected chi connectivity index (χ2v) is 9.15. The maximum atomic E-state index is 12.6. The monoisotopic (exact) mass is 491 g/mol. The molecule has 4 rings (SSSR count). The number of rotatable bonds is 3. The maximum Gasteiger partial charge on any atom is 0.410 e. The van der Waals surface area contributed by atoms with Crippen LogP contribution in [0.25, 0.3) is 16.8 Å². The number of anilines is 1. The molecule has 1 unspecified atom stereocenters. The zero-order valence-electron chi connectivity index (χ0n) is 18.0. The Morgan fingerprint density at radius 1 is 1.35 bits per heavy atom. The predicted octanol–water partition coefficient (Wildman–Crippen LogP) is 3.27. The fourth-order valence-corrected chi connectivity index (χ4v) is 3.92. The number of halogens is 1. The summed E-state index contributed by atoms with van der Waals surface area (Å²) < 4.78 is 15.5. The third-order valence-electron chi connectivity index (χ3n) is 4.94. The van der Waals surface area contributed by atoms with Crippen molar-refractivity contribution in [2.45, 2.75) is 45.9 Å². The van der Waals surface area contributed by atoms with Gasteiger partial charge in [0.25, 0.3) is 0 Å². The van der Waals surface area contributed by atoms with Crippen LogP contribution in [0.4, 0.5) is 10.6 Å². The van der Waals surface area contributed by atoms with E-state index >= 15 is 0 Å². The number of aryl methyl sites for hydroxylation is 1. The first-order valence-corrected chi connectivity index (χ1v) is 10.9. The molecule has 0 spiro atoms. The number of nitrogens with two attached hydrogens (primary N) is 1. The third kappa shape index (κ3) is 4.24. The number of nitrogen functional groups attached to an aromatic ring is 1. The summed E-state index contributed by atoms with van der Waals surface area (Å²) in [6.45, 7) is 9.46. The SMILES string of the molecule is CCn1cc(-c2cnn3c(N)c(Br)c(C4CN(C(=O)OC(C)(C)C)CCO4)nc23)cn1. The van der Waals surface area contributed by atoms with Gasteiger partial charge in [-0.25, -0.2) is 9.78 Å². The summed E-state index contributed by atoms with van der Waals surface area (Å²) in [5, 5.41) is 8.73. The lowest BCUT2D eigenvalue weighted by atomic mass is 10.1. The van der Waals surface area contributed by atoms with Crippen LogP contribution in [0.15, 0.2) is 23.1 Å². The lowest BCUT2D eigenvalue weighted by Crippen LogP contribution is -2.45. The second kappa shape index (κ2) is 8.12. The Morgan fingerprint density at radius 3 is 2.81 bits per heavy atom. The largest absolute Gasteiger partial charge is 0.444 e. The Labute approximate surface area is 188 Å². The predicted molar refractivity (Wildman–Crippen MR) is 118 cm³/mol. The van der Waals surface area contributed by atoms with Gasteiger partial charge < -0.3 is 20.1 Å². The van der Waals surface area contributed by atoms with Gasteiger partial charge in [0, 0.05) is 30.4 Å². The van der Waals surface area contributed by atoms with E-state index in [9.17, 15) is 4.79 Å². The number of carbonyl (C=O) groups excluding carboxylic acids is 1. The Morgan fingerprint density at radius 2 is 2.13 bits per heavy atom. The molecule has 166 valence electrons. The van der Waals surface area contributed by atoms with Crippen LogP contribution in [0, 0.1) is 0 Å². The Bertz CT molecular complexity index is 1120. The zero-order valence-corrected chi connectivity index (χ0v) is 19.6. The molecule has 0 aromatic carbocycles. The van der Waals surface area contributed by atoms with Gasteiger partial charge in [0.1, 0.15) is 17.5 Å². The van der Waals surface area contributed by atoms with Gasteiger partial charge in [-0.1, -0.05) is 0 Å². The van der Waals surface area contributed by atoms with Gasteiger partial charge in [-0.2, -0.15) is 14.7 Å². The molecule has 1 aliphatic rings. The highest BCUT2D eigenvalue weighted by atomic mass is 79.9. The average Bonchev–Trinajstić information content (AvgIpc) is 3.36. The van der Waals surface area contributed by atoms with Gasteiger partial charge in [-0.3, -0.25) is 4.68 Å². The van der Waals surface area contributed by atoms with Crippen molar-refractivity contribution in [3.05, 3.63) is 28.8 Å². The first kappa shape index (κ1) is 21.6. The van der Waals surface area contributed by atoms with Crippen molar-refractivity contribution >= 4 is 33.5 Å². The fourth-order valence-electron chi connectivity index (χ4n) is 3.41. The van der Waals surface area contributed by atoms with Crippen LogP contribution >= 0.6 is 15.9 Å². The quantitative estimate of drug-likeness (QED) is 0.597. The molecule has 4 heterocycles. The standard InChI is InChI=1S/C20H26BrN7O3/c1-5-27-10-12(8-23-27)13-9-24-28-17(22)15(21)16(25-18(13)28)14-11-26(6-7-30-14)19(29)31-20(2,3)4/h8-10,14H,5-7,11,22H2,1-4H3. The van der Waals surface area contributed by atoms with Crippen LogP contribution in [0.3, 0.4) is 0 Å². The highest BCUT2D eigenvalue weighted by Gasteiger charge is 2.32. The molecule has 3 aromatic heterocycles. The minimum Gasteiger partial charge on any atom is -0.444 e. The van der Waals surface area contributed by atoms with Crippen LogP contribution in [0.5, 0.6) is 0 Å². The van der Waals surface area contributed by atoms with Crippen molar-refractivity contribution in [2.24, 2.45) is 0 Å². The van der Waals surface area contributed by atoms with E-state index in [4.69, 9.17) is 20.2 Å². The average molecular weight is 492 g/mol. The molecule has 1 atom stereocenters. The number of hydrogen-bond acceptors (Lipinski definition) is 7. The molecular formula is C20H26BrN7O3. The lowest BCUT2D eigenvalue weighted by Gasteiger charge is -2.34. The summed E-state index contributed by atoms with van der Waals surface area (Å²) in [4.78, 5) is 19.0. The molecule has 3 aromatic rings. The van der Waals surface area contributed by atoms with Crippen molar-refractivity contribution in [3.63, 3.8) is 0 Å². The van der Waals surface area contributed by atoms with Crippen LogP contribution < -0.4 is 5.73 Å². The van der Waals surface area contributed by atoms with Crippen molar-refractivity contribution in [1.82, 2.24) is 29.3 Å². The molecule has 0 radical (unpaired) electrons. The van der Waals surface area contributed by atoms with Gasteiger partial charge in [0.05, 0.1) is 35.7 Å². The topological polar surface area (TPSA) is 113 Å². The van der Waals surface area contributed by atoms with Crippen molar-refractivity contribution in [2.75, 3.05) is 25.4 Å². The van der Waals surface area contributed by atoms with E-state index in [1.807, 2.05) is 38.6 Å². The molecule has 0 saturated carbocycles. The molecule has 1 aliphatic heterocycles. The lowest BCUT2D eigenvalue weighted by molar-refractivity contribution is -0.0448. The minimum absolute atomic E-state index is 0.313. The van der Waals surface area contributed by atoms with Crippen LogP contribution in [-0.4, -0.2) is 60.7 Å². The fraction of sp³-hybridized carbons (Fsp3) is 0.500. The zero-order chi connectivity index (χ0) is 22.3. The summed E-state index contributed by atoms with van der Waals surface area (Å²) in [5.41, 5.74) is 8.73. The molecule has 31 heavy (non-hydrogen) atoms. The number of hydrogen-bond donors (Lipinski definition) is 1. The normalized spacial score (nSPS) is 17.3. The van der Waals surface area contributed by atoms with Crippen molar-refractivity contribution in [3.8, 4) is 11.1 Å². The van der Waals surface area contributed by atoms with Crippen LogP contribution in [-0.2, 0) is 16.0 Å². The number of fused-ring (bicyclic) bond motifs is 1. The highest BCUT2D eigenvalue weighted by molar-refractivity contribution is 9.10. The first-order valence-electron chi connectivity index (χ1n) is 10.1. The molecule has 2 N–H and O–H groups in total. The van der Waals surface area contributed by atoms with Gasteiger partial charge in [-0.15, -0.1) is 0 Å². The van der Waals surface area contributed by atoms with Crippen LogP contribution in [0.1, 0.15) is 39.5 Å². The smallest absolute Gasteiger partial charge is 0.410 e. The second-order valence-electron chi connectivity index (χ2n) is 8.36. The number of carbonyl (C=O) groups is 1. The number of nitrogens with zero attached hydrogens (tertiary/aromatic N) is 6. The third-order valence-corrected chi connectivity index (χ3v) is 5.75. The highest BCUT2D eigenvalue weighted by Crippen LogP contribution is 2.34. The van der Waals surface area contributed by atoms with E-state index in [1.54, 1.807) is 21.8 Å². The van der Waals surface area contributed by atoms with Gasteiger partial charge in [0.15, 0.2) is 5.65 Å². The van der Waals surface area contributed by atoms with Gasteiger partial charge in [-0.05, 0) is 43.6 Å². The summed E-state index contributed by atoms with van der Waals surface area (Å²) in [6.07, 6.45) is 4.62.